The topological polar surface area (TPSA) is 99.6 Å². The molecule has 4 aromatic rings. The quantitative estimate of drug-likeness (QED) is 0.173. The number of nitrogens with zero attached hydrogens (tertiary/aromatic N) is 3. The molecule has 0 bridgehead atoms. The Morgan fingerprint density at radius 2 is 1.81 bits per heavy atom. The molecule has 2 fully saturated rings. The molecular weight excluding hydrogens is 613 g/mol. The molecule has 43 heavy (non-hydrogen) atoms. The van der Waals surface area contributed by atoms with Gasteiger partial charge in [-0.25, -0.2) is 4.79 Å². The average molecular weight is 645 g/mol. The molecule has 1 N–H and O–H groups in total. The second-order valence-electron chi connectivity index (χ2n) is 11.5. The normalized spacial score (nSPS) is 19.9. The highest BCUT2D eigenvalue weighted by atomic mass is 35.5. The summed E-state index contributed by atoms with van der Waals surface area (Å²) in [4.78, 5) is 12.3. The van der Waals surface area contributed by atoms with Crippen molar-refractivity contribution in [2.24, 2.45) is 0 Å². The Hall–Kier alpha value is -3.04. The van der Waals surface area contributed by atoms with Crippen LogP contribution in [0.15, 0.2) is 47.0 Å². The highest BCUT2D eigenvalue weighted by Crippen LogP contribution is 2.53. The molecule has 0 amide bonds. The summed E-state index contributed by atoms with van der Waals surface area (Å²) in [7, 11) is 0. The summed E-state index contributed by atoms with van der Waals surface area (Å²) < 4.78 is 18.9. The molecule has 2 aliphatic carbocycles. The van der Waals surface area contributed by atoms with E-state index >= 15 is 0 Å². The number of carbonyl (C=O) groups excluding carboxylic acids is 1. The van der Waals surface area contributed by atoms with Crippen molar-refractivity contribution < 1.29 is 23.9 Å². The van der Waals surface area contributed by atoms with E-state index in [1.54, 1.807) is 49.4 Å². The van der Waals surface area contributed by atoms with Crippen molar-refractivity contribution >= 4 is 40.8 Å². The van der Waals surface area contributed by atoms with Gasteiger partial charge in [0.1, 0.15) is 23.8 Å². The standard InChI is InChI=1S/C32H32Cl3N3O5/c1-4-41-31(39)26-13-27(38(36-26)17(2)3)19-14-32(40,15-19)22-11-10-20(12-25(22)35)42-16-21-29(37-43-30(21)18-8-9-18)28-23(33)6-5-7-24(28)34/h5-7,10-13,17-19,40H,4,8-9,14-16H2,1-3H3. The number of hydrogen-bond acceptors (Lipinski definition) is 7. The highest BCUT2D eigenvalue weighted by molar-refractivity contribution is 6.39. The maximum Gasteiger partial charge on any atom is 0.358 e. The lowest BCUT2D eigenvalue weighted by Gasteiger charge is -2.44. The Labute approximate surface area is 264 Å². The van der Waals surface area contributed by atoms with Gasteiger partial charge < -0.3 is 19.1 Å². The molecule has 2 aliphatic rings. The maximum atomic E-state index is 12.3. The molecule has 0 aliphatic heterocycles. The Morgan fingerprint density at radius 1 is 1.09 bits per heavy atom. The molecule has 0 unspecified atom stereocenters. The molecule has 6 rings (SSSR count). The molecule has 0 radical (unpaired) electrons. The fourth-order valence-electron chi connectivity index (χ4n) is 5.78. The van der Waals surface area contributed by atoms with Crippen LogP contribution < -0.4 is 4.74 Å². The zero-order chi connectivity index (χ0) is 30.5. The molecule has 2 saturated carbocycles. The van der Waals surface area contributed by atoms with Crippen LogP contribution in [-0.2, 0) is 16.9 Å². The summed E-state index contributed by atoms with van der Waals surface area (Å²) in [6.45, 7) is 6.24. The van der Waals surface area contributed by atoms with E-state index in [2.05, 4.69) is 10.3 Å². The number of ether oxygens (including phenoxy) is 2. The third-order valence-corrected chi connectivity index (χ3v) is 9.06. The lowest BCUT2D eigenvalue weighted by Crippen LogP contribution is -2.41. The summed E-state index contributed by atoms with van der Waals surface area (Å²) in [5.41, 5.74) is 2.68. The lowest BCUT2D eigenvalue weighted by molar-refractivity contribution is -0.0569. The second-order valence-corrected chi connectivity index (χ2v) is 12.7. The Balaban J connectivity index is 1.18. The molecule has 0 saturated heterocycles. The Bertz CT molecular complexity index is 1650. The number of aliphatic hydroxyl groups is 1. The SMILES string of the molecule is CCOC(=O)c1cc(C2CC(O)(c3ccc(OCc4c(-c5c(Cl)cccc5Cl)noc4C4CC4)cc3Cl)C2)n(C(C)C)n1. The van der Waals surface area contributed by atoms with E-state index in [1.165, 1.54) is 0 Å². The molecular formula is C32H32Cl3N3O5. The number of halogens is 3. The van der Waals surface area contributed by atoms with E-state index in [0.717, 1.165) is 29.9 Å². The van der Waals surface area contributed by atoms with E-state index < -0.39 is 11.6 Å². The van der Waals surface area contributed by atoms with Gasteiger partial charge in [-0.15, -0.1) is 0 Å². The predicted molar refractivity (Wildman–Crippen MR) is 164 cm³/mol. The van der Waals surface area contributed by atoms with Gasteiger partial charge in [0, 0.05) is 34.7 Å². The van der Waals surface area contributed by atoms with Gasteiger partial charge in [-0.3, -0.25) is 4.68 Å². The van der Waals surface area contributed by atoms with Crippen molar-refractivity contribution in [3.63, 3.8) is 0 Å². The fraction of sp³-hybridized carbons (Fsp3) is 0.406. The fourth-order valence-corrected chi connectivity index (χ4v) is 6.71. The van der Waals surface area contributed by atoms with E-state index in [0.29, 0.717) is 56.4 Å². The first-order chi connectivity index (χ1) is 20.6. The van der Waals surface area contributed by atoms with E-state index in [4.69, 9.17) is 48.8 Å². The summed E-state index contributed by atoms with van der Waals surface area (Å²) in [5.74, 6) is 1.20. The van der Waals surface area contributed by atoms with Crippen molar-refractivity contribution in [3.05, 3.63) is 85.8 Å². The summed E-state index contributed by atoms with van der Waals surface area (Å²) in [6, 6.07) is 12.5. The lowest BCUT2D eigenvalue weighted by atomic mass is 9.66. The van der Waals surface area contributed by atoms with Crippen LogP contribution in [0.3, 0.4) is 0 Å². The number of esters is 1. The van der Waals surface area contributed by atoms with Crippen molar-refractivity contribution in [2.45, 2.75) is 76.5 Å². The first-order valence-electron chi connectivity index (χ1n) is 14.4. The largest absolute Gasteiger partial charge is 0.489 e. The van der Waals surface area contributed by atoms with Crippen LogP contribution in [0.2, 0.25) is 15.1 Å². The Morgan fingerprint density at radius 3 is 2.44 bits per heavy atom. The van der Waals surface area contributed by atoms with Crippen LogP contribution in [0.1, 0.15) is 97.4 Å². The Kier molecular flexibility index (Phi) is 8.24. The van der Waals surface area contributed by atoms with Crippen LogP contribution in [0, 0.1) is 0 Å². The molecule has 0 atom stereocenters. The molecule has 8 nitrogen and oxygen atoms in total. The second kappa shape index (κ2) is 11.8. The number of hydrogen-bond donors (Lipinski definition) is 1. The van der Waals surface area contributed by atoms with Crippen LogP contribution in [0.25, 0.3) is 11.3 Å². The molecule has 226 valence electrons. The number of aromatic nitrogens is 3. The van der Waals surface area contributed by atoms with Gasteiger partial charge in [-0.1, -0.05) is 52.1 Å². The predicted octanol–water partition coefficient (Wildman–Crippen LogP) is 8.48. The molecule has 2 aromatic carbocycles. The summed E-state index contributed by atoms with van der Waals surface area (Å²) in [5, 5.41) is 21.7. The van der Waals surface area contributed by atoms with E-state index in [9.17, 15) is 9.90 Å². The smallest absolute Gasteiger partial charge is 0.358 e. The van der Waals surface area contributed by atoms with Crippen LogP contribution in [0.4, 0.5) is 0 Å². The first kappa shape index (κ1) is 30.0. The van der Waals surface area contributed by atoms with Gasteiger partial charge in [0.05, 0.1) is 32.8 Å². The van der Waals surface area contributed by atoms with Gasteiger partial charge in [0.25, 0.3) is 0 Å². The molecule has 2 aromatic heterocycles. The maximum absolute atomic E-state index is 12.3. The minimum atomic E-state index is -1.11. The number of carbonyl (C=O) groups is 1. The van der Waals surface area contributed by atoms with Crippen LogP contribution >= 0.6 is 34.8 Å². The van der Waals surface area contributed by atoms with Gasteiger partial charge in [0.2, 0.25) is 0 Å². The van der Waals surface area contributed by atoms with Gasteiger partial charge in [0.15, 0.2) is 5.69 Å². The summed E-state index contributed by atoms with van der Waals surface area (Å²) >= 11 is 19.7. The van der Waals surface area contributed by atoms with Crippen molar-refractivity contribution in [1.82, 2.24) is 14.9 Å². The monoisotopic (exact) mass is 643 g/mol. The number of benzene rings is 2. The third kappa shape index (κ3) is 5.78. The van der Waals surface area contributed by atoms with Crippen LogP contribution in [-0.4, -0.2) is 32.6 Å². The zero-order valence-corrected chi connectivity index (χ0v) is 26.3. The third-order valence-electron chi connectivity index (χ3n) is 8.12. The molecule has 0 spiro atoms. The van der Waals surface area contributed by atoms with Crippen molar-refractivity contribution in [2.75, 3.05) is 6.61 Å². The van der Waals surface area contributed by atoms with Gasteiger partial charge >= 0.3 is 5.97 Å². The molecule has 2 heterocycles. The van der Waals surface area contributed by atoms with E-state index in [1.807, 2.05) is 18.5 Å². The van der Waals surface area contributed by atoms with Crippen molar-refractivity contribution in [1.29, 1.82) is 0 Å². The van der Waals surface area contributed by atoms with Gasteiger partial charge in [-0.05, 0) is 76.8 Å². The first-order valence-corrected chi connectivity index (χ1v) is 15.6. The minimum absolute atomic E-state index is 0.0135. The highest BCUT2D eigenvalue weighted by Gasteiger charge is 2.47. The van der Waals surface area contributed by atoms with Gasteiger partial charge in [-0.2, -0.15) is 5.10 Å². The average Bonchev–Trinajstić information content (AvgIpc) is 3.55. The summed E-state index contributed by atoms with van der Waals surface area (Å²) in [6.07, 6.45) is 2.95. The van der Waals surface area contributed by atoms with E-state index in [-0.39, 0.29) is 30.9 Å². The minimum Gasteiger partial charge on any atom is -0.489 e. The van der Waals surface area contributed by atoms with Crippen LogP contribution in [0.5, 0.6) is 5.75 Å². The molecule has 11 heteroatoms. The number of rotatable bonds is 10. The zero-order valence-electron chi connectivity index (χ0n) is 24.1. The van der Waals surface area contributed by atoms with Crippen molar-refractivity contribution in [3.8, 4) is 17.0 Å².